The number of aliphatic carboxylic acids is 1. The highest BCUT2D eigenvalue weighted by atomic mass is 35.5. The quantitative estimate of drug-likeness (QED) is 0.281. The number of methoxy groups -OCH3 is 1. The summed E-state index contributed by atoms with van der Waals surface area (Å²) in [5.41, 5.74) is 4.73. The molecule has 0 radical (unpaired) electrons. The van der Waals surface area contributed by atoms with Crippen LogP contribution in [0.25, 0.3) is 11.3 Å². The Balaban J connectivity index is 1.79. The molecule has 3 heterocycles. The summed E-state index contributed by atoms with van der Waals surface area (Å²) in [5.74, 6) is -1.59. The van der Waals surface area contributed by atoms with Crippen molar-refractivity contribution >= 4 is 29.2 Å². The second kappa shape index (κ2) is 10.2. The maximum Gasteiger partial charge on any atom is 0.309 e. The van der Waals surface area contributed by atoms with Crippen molar-refractivity contribution in [3.05, 3.63) is 99.7 Å². The third kappa shape index (κ3) is 4.55. The molecule has 0 saturated heterocycles. The number of ether oxygens (including phenoxy) is 1. The Hall–Kier alpha value is -4.17. The lowest BCUT2D eigenvalue weighted by Gasteiger charge is -2.29. The zero-order valence-corrected chi connectivity index (χ0v) is 22.7. The Morgan fingerprint density at radius 2 is 1.87 bits per heavy atom. The van der Waals surface area contributed by atoms with Crippen LogP contribution in [0.2, 0.25) is 5.02 Å². The molecule has 1 N–H and O–H groups in total. The Morgan fingerprint density at radius 1 is 1.15 bits per heavy atom. The minimum atomic E-state index is -1.01. The number of amides is 1. The van der Waals surface area contributed by atoms with Gasteiger partial charge in [-0.2, -0.15) is 0 Å². The van der Waals surface area contributed by atoms with Gasteiger partial charge in [-0.05, 0) is 50.6 Å². The molecule has 7 nitrogen and oxygen atoms in total. The molecule has 39 heavy (non-hydrogen) atoms. The van der Waals surface area contributed by atoms with Crippen LogP contribution >= 0.6 is 11.6 Å². The number of anilines is 1. The summed E-state index contributed by atoms with van der Waals surface area (Å²) in [4.78, 5) is 31.1. The van der Waals surface area contributed by atoms with E-state index in [1.54, 1.807) is 24.3 Å². The Bertz CT molecular complexity index is 1600. The summed E-state index contributed by atoms with van der Waals surface area (Å²) in [6.07, 6.45) is 1.23. The second-order valence-corrected chi connectivity index (χ2v) is 10.2. The number of aromatic nitrogens is 2. The Labute approximate surface area is 230 Å². The molecule has 1 aliphatic rings. The predicted octanol–water partition coefficient (Wildman–Crippen LogP) is 6.62. The number of carboxylic acid groups (broad SMARTS) is 1. The molecule has 2 aromatic heterocycles. The van der Waals surface area contributed by atoms with Crippen molar-refractivity contribution in [1.82, 2.24) is 9.55 Å². The van der Waals surface area contributed by atoms with Gasteiger partial charge in [0.25, 0.3) is 5.91 Å². The van der Waals surface area contributed by atoms with Gasteiger partial charge in [-0.1, -0.05) is 47.5 Å². The number of benzene rings is 2. The Kier molecular flexibility index (Phi) is 6.91. The van der Waals surface area contributed by atoms with Gasteiger partial charge in [0.05, 0.1) is 53.1 Å². The fourth-order valence-corrected chi connectivity index (χ4v) is 5.38. The van der Waals surface area contributed by atoms with Gasteiger partial charge >= 0.3 is 5.97 Å². The van der Waals surface area contributed by atoms with Gasteiger partial charge in [0.2, 0.25) is 0 Å². The lowest BCUT2D eigenvalue weighted by Crippen LogP contribution is -2.30. The molecule has 0 saturated carbocycles. The monoisotopic (exact) mass is 547 g/mol. The van der Waals surface area contributed by atoms with E-state index < -0.39 is 17.8 Å². The molecule has 0 fully saturated rings. The molecule has 2 aromatic carbocycles. The number of carbonyl (C=O) groups is 2. The van der Waals surface area contributed by atoms with Gasteiger partial charge in [-0.25, -0.2) is 4.39 Å². The zero-order valence-electron chi connectivity index (χ0n) is 21.9. The van der Waals surface area contributed by atoms with E-state index in [9.17, 15) is 14.7 Å². The molecule has 0 bridgehead atoms. The summed E-state index contributed by atoms with van der Waals surface area (Å²) in [7, 11) is 1.51. The fraction of sp³-hybridized carbons (Fsp3) is 0.233. The van der Waals surface area contributed by atoms with E-state index in [-0.39, 0.29) is 29.1 Å². The third-order valence-electron chi connectivity index (χ3n) is 6.89. The van der Waals surface area contributed by atoms with Gasteiger partial charge in [-0.15, -0.1) is 0 Å². The highest BCUT2D eigenvalue weighted by Gasteiger charge is 2.44. The van der Waals surface area contributed by atoms with Crippen molar-refractivity contribution in [1.29, 1.82) is 0 Å². The van der Waals surface area contributed by atoms with Crippen molar-refractivity contribution in [3.8, 4) is 17.0 Å². The molecule has 4 aromatic rings. The minimum absolute atomic E-state index is 0.0700. The molecule has 1 aliphatic heterocycles. The second-order valence-electron chi connectivity index (χ2n) is 9.80. The van der Waals surface area contributed by atoms with E-state index in [4.69, 9.17) is 16.3 Å². The number of aryl methyl sites for hydroxylation is 1. The van der Waals surface area contributed by atoms with Crippen LogP contribution in [0.15, 0.2) is 60.8 Å². The van der Waals surface area contributed by atoms with Crippen molar-refractivity contribution in [2.75, 3.05) is 12.0 Å². The summed E-state index contributed by atoms with van der Waals surface area (Å²) >= 11 is 6.13. The summed E-state index contributed by atoms with van der Waals surface area (Å²) in [6.45, 7) is 5.96. The van der Waals surface area contributed by atoms with Crippen LogP contribution in [0.1, 0.15) is 58.8 Å². The van der Waals surface area contributed by atoms with Crippen molar-refractivity contribution in [2.24, 2.45) is 0 Å². The first-order valence-corrected chi connectivity index (χ1v) is 12.8. The van der Waals surface area contributed by atoms with Gasteiger partial charge in [0, 0.05) is 11.6 Å². The van der Waals surface area contributed by atoms with Crippen LogP contribution in [0, 0.1) is 12.7 Å². The summed E-state index contributed by atoms with van der Waals surface area (Å²) < 4.78 is 23.0. The highest BCUT2D eigenvalue weighted by Crippen LogP contribution is 2.48. The molecular weight excluding hydrogens is 521 g/mol. The van der Waals surface area contributed by atoms with E-state index in [2.05, 4.69) is 4.98 Å². The smallest absolute Gasteiger partial charge is 0.309 e. The first-order chi connectivity index (χ1) is 18.6. The van der Waals surface area contributed by atoms with E-state index in [0.717, 1.165) is 11.1 Å². The minimum Gasteiger partial charge on any atom is -0.494 e. The first-order valence-electron chi connectivity index (χ1n) is 12.5. The maximum absolute atomic E-state index is 15.4. The lowest BCUT2D eigenvalue weighted by molar-refractivity contribution is -0.136. The van der Waals surface area contributed by atoms with Crippen LogP contribution in [-0.4, -0.2) is 33.6 Å². The lowest BCUT2D eigenvalue weighted by atomic mass is 10.0. The highest BCUT2D eigenvalue weighted by molar-refractivity contribution is 6.31. The maximum atomic E-state index is 15.4. The number of carboxylic acids is 1. The fourth-order valence-electron chi connectivity index (χ4n) is 5.21. The number of carbonyl (C=O) groups excluding carboxylic acids is 1. The summed E-state index contributed by atoms with van der Waals surface area (Å²) in [6, 6.07) is 15.1. The van der Waals surface area contributed by atoms with Gasteiger partial charge < -0.3 is 14.4 Å². The van der Waals surface area contributed by atoms with E-state index >= 15 is 4.39 Å². The number of hydrogen-bond donors (Lipinski definition) is 1. The van der Waals surface area contributed by atoms with Crippen LogP contribution < -0.4 is 9.64 Å². The normalized spacial score (nSPS) is 14.7. The van der Waals surface area contributed by atoms with Crippen molar-refractivity contribution in [3.63, 3.8) is 0 Å². The van der Waals surface area contributed by atoms with E-state index in [1.807, 2.05) is 49.6 Å². The number of halogens is 2. The number of rotatable bonds is 7. The Morgan fingerprint density at radius 3 is 2.51 bits per heavy atom. The first kappa shape index (κ1) is 26.4. The van der Waals surface area contributed by atoms with Gasteiger partial charge in [-0.3, -0.25) is 19.5 Å². The molecule has 1 amide bonds. The van der Waals surface area contributed by atoms with Crippen LogP contribution in [0.4, 0.5) is 10.1 Å². The molecule has 0 spiro atoms. The average molecular weight is 548 g/mol. The molecule has 1 atom stereocenters. The van der Waals surface area contributed by atoms with Crippen LogP contribution in [-0.2, 0) is 11.2 Å². The summed E-state index contributed by atoms with van der Waals surface area (Å²) in [5, 5.41) is 9.25. The SMILES string of the molecule is COc1cnc(CC(=O)O)cc1-c1cc2c(n1C(C)C)C(c1ccc(C)cc1)N(c1cccc(Cl)c1F)C2=O. The topological polar surface area (TPSA) is 84.7 Å². The standard InChI is InChI=1S/C30H27ClFN3O4/c1-16(2)34-24(20-12-19(13-26(36)37)33-15-25(20)39-4)14-21-29(34)28(18-10-8-17(3)9-11-18)35(30(21)38)23-7-5-6-22(31)27(23)32/h5-12,14-16,28H,13H2,1-4H3,(H,36,37). The van der Waals surface area contributed by atoms with Gasteiger partial charge in [0.1, 0.15) is 11.8 Å². The van der Waals surface area contributed by atoms with Gasteiger partial charge in [0.15, 0.2) is 5.82 Å². The number of pyridine rings is 1. The average Bonchev–Trinajstić information content (AvgIpc) is 3.41. The van der Waals surface area contributed by atoms with Crippen molar-refractivity contribution < 1.29 is 23.8 Å². The molecular formula is C30H27ClFN3O4. The largest absolute Gasteiger partial charge is 0.494 e. The number of hydrogen-bond acceptors (Lipinski definition) is 4. The molecule has 200 valence electrons. The molecule has 1 unspecified atom stereocenters. The van der Waals surface area contributed by atoms with Crippen LogP contribution in [0.5, 0.6) is 5.75 Å². The predicted molar refractivity (Wildman–Crippen MR) is 147 cm³/mol. The van der Waals surface area contributed by atoms with E-state index in [0.29, 0.717) is 34.0 Å². The molecule has 5 rings (SSSR count). The molecule has 0 aliphatic carbocycles. The number of nitrogens with zero attached hydrogens (tertiary/aromatic N) is 3. The van der Waals surface area contributed by atoms with E-state index in [1.165, 1.54) is 24.3 Å². The zero-order chi connectivity index (χ0) is 28.0. The third-order valence-corrected chi connectivity index (χ3v) is 7.19. The van der Waals surface area contributed by atoms with Crippen molar-refractivity contribution in [2.45, 2.75) is 39.3 Å². The molecule has 9 heteroatoms. The van der Waals surface area contributed by atoms with Crippen LogP contribution in [0.3, 0.4) is 0 Å². The number of fused-ring (bicyclic) bond motifs is 1.